The van der Waals surface area contributed by atoms with Crippen LogP contribution in [0.25, 0.3) is 0 Å². The van der Waals surface area contributed by atoms with Crippen molar-refractivity contribution in [1.29, 1.82) is 0 Å². The van der Waals surface area contributed by atoms with Crippen LogP contribution >= 0.6 is 0 Å². The topological polar surface area (TPSA) is 89.6 Å². The first-order valence-corrected chi connectivity index (χ1v) is 8.77. The van der Waals surface area contributed by atoms with E-state index in [0.29, 0.717) is 6.07 Å². The number of amidine groups is 1. The second-order valence-corrected chi connectivity index (χ2v) is 7.27. The number of pyridine rings is 1. The summed E-state index contributed by atoms with van der Waals surface area (Å²) in [5.41, 5.74) is 0.315. The molecule has 160 valence electrons. The maximum atomic E-state index is 14.9. The number of nitrogens with two attached hydrogens (primary N) is 1. The number of carbonyl (C=O) groups excluding carboxylic acids is 1. The normalized spacial score (nSPS) is 28.0. The molecule has 6 nitrogen and oxygen atoms in total. The smallest absolute Gasteiger partial charge is 0.274 e. The van der Waals surface area contributed by atoms with Crippen molar-refractivity contribution in [3.8, 4) is 5.75 Å². The largest absolute Gasteiger partial charge is 0.495 e. The van der Waals surface area contributed by atoms with Crippen molar-refractivity contribution in [2.45, 2.75) is 37.6 Å². The van der Waals surface area contributed by atoms with Crippen molar-refractivity contribution in [3.05, 3.63) is 53.4 Å². The first-order valence-electron chi connectivity index (χ1n) is 10.3. The van der Waals surface area contributed by atoms with Crippen molar-refractivity contribution < 1.29 is 31.2 Å². The molecule has 1 aliphatic rings. The third-order valence-corrected chi connectivity index (χ3v) is 4.98. The number of amides is 1. The summed E-state index contributed by atoms with van der Waals surface area (Å²) in [6.07, 6.45) is -1.75. The van der Waals surface area contributed by atoms with Gasteiger partial charge in [-0.15, -0.1) is 0 Å². The predicted molar refractivity (Wildman–Crippen MR) is 103 cm³/mol. The number of halogens is 4. The minimum atomic E-state index is -2.71. The van der Waals surface area contributed by atoms with Crippen LogP contribution < -0.4 is 15.8 Å². The zero-order valence-electron chi connectivity index (χ0n) is 19.0. The van der Waals surface area contributed by atoms with Crippen molar-refractivity contribution in [3.63, 3.8) is 0 Å². The summed E-state index contributed by atoms with van der Waals surface area (Å²) in [6.45, 7) is 2.18. The van der Waals surface area contributed by atoms with E-state index in [1.165, 1.54) is 6.07 Å². The first-order chi connectivity index (χ1) is 15.1. The van der Waals surface area contributed by atoms with Crippen molar-refractivity contribution in [1.82, 2.24) is 4.98 Å². The highest BCUT2D eigenvalue weighted by molar-refractivity contribution is 6.03. The van der Waals surface area contributed by atoms with Crippen LogP contribution in [0.4, 0.5) is 23.2 Å². The minimum Gasteiger partial charge on any atom is -0.495 e. The first kappa shape index (κ1) is 17.7. The van der Waals surface area contributed by atoms with Crippen molar-refractivity contribution in [2.75, 3.05) is 12.4 Å². The highest BCUT2D eigenvalue weighted by Crippen LogP contribution is 2.43. The molecule has 30 heavy (non-hydrogen) atoms. The molecule has 0 spiro atoms. The second kappa shape index (κ2) is 7.58. The van der Waals surface area contributed by atoms with Gasteiger partial charge in [-0.25, -0.2) is 22.5 Å². The number of hydrogen-bond donors (Lipinski definition) is 2. The fraction of sp³-hybridized carbons (Fsp3) is 0.350. The third-order valence-electron chi connectivity index (χ3n) is 4.98. The molecular weight excluding hydrogens is 404 g/mol. The summed E-state index contributed by atoms with van der Waals surface area (Å²) in [6, 6.07) is 4.00. The monoisotopic (exact) mass is 427 g/mol. The number of aliphatic imine (C=N–C) groups is 1. The zero-order valence-corrected chi connectivity index (χ0v) is 16.0. The summed E-state index contributed by atoms with van der Waals surface area (Å²) in [7, 11) is -2.71. The van der Waals surface area contributed by atoms with Gasteiger partial charge in [0.1, 0.15) is 29.0 Å². The molecule has 10 heteroatoms. The molecule has 0 saturated heterocycles. The van der Waals surface area contributed by atoms with Crippen LogP contribution in [0.3, 0.4) is 0 Å². The maximum Gasteiger partial charge on any atom is 0.274 e. The Morgan fingerprint density at radius 3 is 2.73 bits per heavy atom. The van der Waals surface area contributed by atoms with Crippen LogP contribution in [0.15, 0.2) is 35.5 Å². The molecule has 0 unspecified atom stereocenters. The highest BCUT2D eigenvalue weighted by Gasteiger charge is 2.49. The van der Waals surface area contributed by atoms with Gasteiger partial charge in [-0.3, -0.25) is 9.79 Å². The molecule has 0 saturated carbocycles. The summed E-state index contributed by atoms with van der Waals surface area (Å²) in [5, 5.41) is 2.30. The van der Waals surface area contributed by atoms with Crippen LogP contribution in [-0.4, -0.2) is 35.6 Å². The van der Waals surface area contributed by atoms with E-state index in [2.05, 4.69) is 20.0 Å². The third kappa shape index (κ3) is 3.81. The van der Waals surface area contributed by atoms with E-state index in [1.54, 1.807) is 0 Å². The van der Waals surface area contributed by atoms with Crippen LogP contribution in [0.1, 0.15) is 40.4 Å². The fourth-order valence-electron chi connectivity index (χ4n) is 3.11. The van der Waals surface area contributed by atoms with Crippen LogP contribution in [0, 0.1) is 11.6 Å². The number of nitrogens with zero attached hydrogens (tertiary/aromatic N) is 2. The van der Waals surface area contributed by atoms with E-state index in [4.69, 9.17) is 9.85 Å². The molecule has 3 rings (SSSR count). The number of ether oxygens (including phenoxy) is 1. The lowest BCUT2D eigenvalue weighted by Crippen LogP contribution is -2.51. The maximum absolute atomic E-state index is 14.9. The molecule has 0 aliphatic carbocycles. The van der Waals surface area contributed by atoms with E-state index < -0.39 is 59.8 Å². The van der Waals surface area contributed by atoms with E-state index in [0.717, 1.165) is 32.2 Å². The van der Waals surface area contributed by atoms with Gasteiger partial charge >= 0.3 is 0 Å². The molecule has 0 fully saturated rings. The lowest BCUT2D eigenvalue weighted by Gasteiger charge is -2.39. The number of carbonyl (C=O) groups is 1. The summed E-state index contributed by atoms with van der Waals surface area (Å²) in [5.74, 6) is -4.33. The average Bonchev–Trinajstić information content (AvgIpc) is 2.68. The minimum absolute atomic E-state index is 0.115. The lowest BCUT2D eigenvalue weighted by molar-refractivity contribution is 0.102. The molecule has 3 atom stereocenters. The Kier molecular flexibility index (Phi) is 4.47. The van der Waals surface area contributed by atoms with Gasteiger partial charge in [0.05, 0.1) is 17.3 Å². The molecule has 0 bridgehead atoms. The Bertz CT molecular complexity index is 1110. The van der Waals surface area contributed by atoms with Gasteiger partial charge < -0.3 is 15.8 Å². The fourth-order valence-corrected chi connectivity index (χ4v) is 3.11. The number of anilines is 1. The summed E-state index contributed by atoms with van der Waals surface area (Å²) < 4.78 is 83.9. The molecule has 1 aromatic carbocycles. The molecule has 1 aromatic heterocycles. The van der Waals surface area contributed by atoms with Crippen LogP contribution in [-0.2, 0) is 5.54 Å². The van der Waals surface area contributed by atoms with Crippen LogP contribution in [0.5, 0.6) is 5.75 Å². The molecule has 2 aromatic rings. The number of benzene rings is 1. The predicted octanol–water partition coefficient (Wildman–Crippen LogP) is 3.66. The van der Waals surface area contributed by atoms with E-state index in [9.17, 15) is 22.4 Å². The molecule has 0 radical (unpaired) electrons. The van der Waals surface area contributed by atoms with Gasteiger partial charge in [0.15, 0.2) is 17.3 Å². The van der Waals surface area contributed by atoms with Crippen molar-refractivity contribution >= 4 is 17.4 Å². The summed E-state index contributed by atoms with van der Waals surface area (Å²) in [4.78, 5) is 20.0. The number of rotatable bonds is 4. The van der Waals surface area contributed by atoms with Gasteiger partial charge in [0.25, 0.3) is 5.91 Å². The average molecular weight is 427 g/mol. The van der Waals surface area contributed by atoms with Gasteiger partial charge in [-0.2, -0.15) is 0 Å². The SMILES string of the molecule is [2H]C([2H])([2H])Oc1ccc(C(=O)Nc2cc(F)c(F)c([C@@]3(C)N=C(N)[C@](C)(F)C[C@@H]3F)c2)nc1. The zero-order chi connectivity index (χ0) is 24.8. The quantitative estimate of drug-likeness (QED) is 0.729. The van der Waals surface area contributed by atoms with E-state index >= 15 is 0 Å². The molecule has 1 amide bonds. The molecule has 1 aliphatic heterocycles. The van der Waals surface area contributed by atoms with Crippen molar-refractivity contribution in [2.24, 2.45) is 10.7 Å². The number of methoxy groups -OCH3 is 1. The highest BCUT2D eigenvalue weighted by atomic mass is 19.2. The number of alkyl halides is 2. The van der Waals surface area contributed by atoms with Gasteiger partial charge in [0, 0.05) is 23.7 Å². The number of nitrogens with one attached hydrogen (secondary N) is 1. The van der Waals surface area contributed by atoms with E-state index in [1.807, 2.05) is 0 Å². The van der Waals surface area contributed by atoms with Crippen LogP contribution in [0.2, 0.25) is 0 Å². The lowest BCUT2D eigenvalue weighted by atomic mass is 9.79. The molecule has 3 N–H and O–H groups in total. The molecular formula is C20H20F4N4O2. The number of aromatic nitrogens is 1. The van der Waals surface area contributed by atoms with E-state index in [-0.39, 0.29) is 17.1 Å². The Morgan fingerprint density at radius 1 is 1.37 bits per heavy atom. The second-order valence-electron chi connectivity index (χ2n) is 7.27. The van der Waals surface area contributed by atoms with Gasteiger partial charge in [-0.1, -0.05) is 0 Å². The van der Waals surface area contributed by atoms with Gasteiger partial charge in [0.2, 0.25) is 0 Å². The summed E-state index contributed by atoms with van der Waals surface area (Å²) >= 11 is 0. The Balaban J connectivity index is 1.91. The Hall–Kier alpha value is -3.17. The van der Waals surface area contributed by atoms with Gasteiger partial charge in [-0.05, 0) is 32.0 Å². The Labute approximate surface area is 174 Å². The standard InChI is InChI=1S/C20H20F4N4O2/c1-19(24)8-15(22)20(2,28-18(19)25)12-6-10(7-13(21)16(12)23)27-17(29)14-5-4-11(30-3)9-26-14/h4-7,9,15H,8H2,1-3H3,(H2,25,28)(H,27,29)/t15-,19+,20+/m0/s1/i3D3. The number of hydrogen-bond acceptors (Lipinski definition) is 5. The Morgan fingerprint density at radius 2 is 2.10 bits per heavy atom. The molecule has 2 heterocycles.